The van der Waals surface area contributed by atoms with E-state index in [1.54, 1.807) is 0 Å². The van der Waals surface area contributed by atoms with Crippen LogP contribution in [0.15, 0.2) is 136 Å². The third-order valence-corrected chi connectivity index (χ3v) is 9.45. The largest absolute Gasteiger partial charge is 0.112 e. The molecule has 35 heavy (non-hydrogen) atoms. The Morgan fingerprint density at radius 1 is 0.486 bits per heavy atom. The van der Waals surface area contributed by atoms with Crippen molar-refractivity contribution in [1.82, 2.24) is 0 Å². The molecule has 0 saturated carbocycles. The Morgan fingerprint density at radius 2 is 1.06 bits per heavy atom. The van der Waals surface area contributed by atoms with Crippen LogP contribution in [0.3, 0.4) is 0 Å². The molecule has 2 heteroatoms. The van der Waals surface area contributed by atoms with Gasteiger partial charge in [-0.1, -0.05) is 121 Å². The lowest BCUT2D eigenvalue weighted by molar-refractivity contribution is 1.22. The first-order valence-corrected chi connectivity index (χ1v) is 13.6. The molecule has 6 aromatic carbocycles. The zero-order valence-corrected chi connectivity index (χ0v) is 20.7. The van der Waals surface area contributed by atoms with Crippen LogP contribution in [0.1, 0.15) is 16.4 Å². The molecule has 0 radical (unpaired) electrons. The quantitative estimate of drug-likeness (QED) is 0.245. The second-order valence-electron chi connectivity index (χ2n) is 8.89. The monoisotopic (exact) mass is 482 g/mol. The van der Waals surface area contributed by atoms with E-state index in [1.807, 2.05) is 23.5 Å². The molecule has 0 saturated heterocycles. The fourth-order valence-electron chi connectivity index (χ4n) is 5.16. The molecule has 0 nitrogen and oxygen atoms in total. The summed E-state index contributed by atoms with van der Waals surface area (Å²) in [5.74, 6) is 0. The zero-order valence-electron chi connectivity index (χ0n) is 19.0. The summed E-state index contributed by atoms with van der Waals surface area (Å²) < 4.78 is 0. The maximum absolute atomic E-state index is 2.42. The fourth-order valence-corrected chi connectivity index (χ4v) is 7.80. The predicted octanol–water partition coefficient (Wildman–Crippen LogP) is 10.1. The molecule has 0 aliphatic heterocycles. The number of hydrogen-bond acceptors (Lipinski definition) is 2. The van der Waals surface area contributed by atoms with E-state index in [2.05, 4.69) is 127 Å². The van der Waals surface area contributed by atoms with Crippen LogP contribution in [0.5, 0.6) is 0 Å². The molecule has 0 N–H and O–H groups in total. The van der Waals surface area contributed by atoms with Crippen molar-refractivity contribution in [3.05, 3.63) is 137 Å². The second-order valence-corrected chi connectivity index (χ2v) is 11.2. The van der Waals surface area contributed by atoms with Crippen LogP contribution < -0.4 is 0 Å². The fraction of sp³-hybridized carbons (Fsp3) is 0.0303. The molecule has 0 fully saturated rings. The summed E-state index contributed by atoms with van der Waals surface area (Å²) in [4.78, 5) is 4.02. The Balaban J connectivity index is 1.40. The van der Waals surface area contributed by atoms with Gasteiger partial charge < -0.3 is 0 Å². The Bertz CT molecular complexity index is 1750. The van der Waals surface area contributed by atoms with E-state index in [9.17, 15) is 0 Å². The zero-order chi connectivity index (χ0) is 23.2. The average Bonchev–Trinajstić information content (AvgIpc) is 2.91. The van der Waals surface area contributed by atoms with E-state index >= 15 is 0 Å². The van der Waals surface area contributed by atoms with E-state index < -0.39 is 0 Å². The van der Waals surface area contributed by atoms with E-state index in [0.717, 1.165) is 0 Å². The van der Waals surface area contributed by atoms with Gasteiger partial charge in [-0.2, -0.15) is 0 Å². The van der Waals surface area contributed by atoms with Gasteiger partial charge in [0.15, 0.2) is 0 Å². The standard InChI is InChI=1S/C33H22S2/c1-3-16-26-22(9-1)11-7-19-29(26)34-31-21-25-15-5-13-24-14-6-18-28(32(24)25)33(31)35-30-20-8-12-23-10-2-4-17-27(23)30/h1-21,33H. The Hall–Kier alpha value is -3.46. The van der Waals surface area contributed by atoms with Crippen LogP contribution in [0.25, 0.3) is 38.4 Å². The first kappa shape index (κ1) is 20.9. The molecule has 0 heterocycles. The highest BCUT2D eigenvalue weighted by Gasteiger charge is 2.27. The number of rotatable bonds is 4. The molecular formula is C33H22S2. The summed E-state index contributed by atoms with van der Waals surface area (Å²) in [5.41, 5.74) is 2.72. The number of thioether (sulfide) groups is 2. The summed E-state index contributed by atoms with van der Waals surface area (Å²) in [6.07, 6.45) is 2.42. The smallest absolute Gasteiger partial charge is 0.0663 e. The molecule has 0 amide bonds. The Labute approximate surface area is 213 Å². The van der Waals surface area contributed by atoms with Gasteiger partial charge in [0, 0.05) is 14.7 Å². The van der Waals surface area contributed by atoms with Gasteiger partial charge in [-0.05, 0) is 61.7 Å². The Kier molecular flexibility index (Phi) is 5.15. The summed E-state index contributed by atoms with van der Waals surface area (Å²) in [5, 5.41) is 8.13. The highest BCUT2D eigenvalue weighted by atomic mass is 32.2. The minimum absolute atomic E-state index is 0.225. The van der Waals surface area contributed by atoms with Crippen molar-refractivity contribution in [3.63, 3.8) is 0 Å². The van der Waals surface area contributed by atoms with E-state index in [4.69, 9.17) is 0 Å². The van der Waals surface area contributed by atoms with Gasteiger partial charge in [0.2, 0.25) is 0 Å². The molecule has 0 bridgehead atoms. The van der Waals surface area contributed by atoms with Crippen molar-refractivity contribution in [2.75, 3.05) is 0 Å². The van der Waals surface area contributed by atoms with Gasteiger partial charge in [-0.3, -0.25) is 0 Å². The molecule has 1 atom stereocenters. The maximum Gasteiger partial charge on any atom is 0.0663 e. The van der Waals surface area contributed by atoms with Crippen LogP contribution in [0.2, 0.25) is 0 Å². The average molecular weight is 483 g/mol. The van der Waals surface area contributed by atoms with Crippen LogP contribution in [0, 0.1) is 0 Å². The molecule has 0 aromatic heterocycles. The van der Waals surface area contributed by atoms with Crippen LogP contribution in [-0.4, -0.2) is 0 Å². The minimum atomic E-state index is 0.225. The molecule has 166 valence electrons. The van der Waals surface area contributed by atoms with Gasteiger partial charge in [0.25, 0.3) is 0 Å². The number of benzene rings is 6. The normalized spacial score (nSPS) is 15.0. The highest BCUT2D eigenvalue weighted by molar-refractivity contribution is 8.06. The van der Waals surface area contributed by atoms with Gasteiger partial charge in [-0.15, -0.1) is 11.8 Å². The lowest BCUT2D eigenvalue weighted by Gasteiger charge is -2.27. The molecule has 7 rings (SSSR count). The predicted molar refractivity (Wildman–Crippen MR) is 154 cm³/mol. The Morgan fingerprint density at radius 3 is 1.83 bits per heavy atom. The van der Waals surface area contributed by atoms with Crippen molar-refractivity contribution in [1.29, 1.82) is 0 Å². The van der Waals surface area contributed by atoms with Gasteiger partial charge in [0.05, 0.1) is 5.25 Å². The SMILES string of the molecule is C1=C(Sc2cccc3ccccc23)C(Sc2cccc3ccccc23)c2cccc3cccc1c23. The molecular weight excluding hydrogens is 460 g/mol. The minimum Gasteiger partial charge on any atom is -0.112 e. The van der Waals surface area contributed by atoms with Gasteiger partial charge in [0.1, 0.15) is 0 Å². The molecule has 6 aromatic rings. The summed E-state index contributed by atoms with van der Waals surface area (Å²) in [6, 6.07) is 44.2. The summed E-state index contributed by atoms with van der Waals surface area (Å²) in [7, 11) is 0. The first-order valence-electron chi connectivity index (χ1n) is 11.9. The lowest BCUT2D eigenvalue weighted by atomic mass is 9.93. The van der Waals surface area contributed by atoms with Crippen LogP contribution >= 0.6 is 23.5 Å². The number of hydrogen-bond donors (Lipinski definition) is 0. The lowest BCUT2D eigenvalue weighted by Crippen LogP contribution is -2.03. The van der Waals surface area contributed by atoms with Crippen molar-refractivity contribution < 1.29 is 0 Å². The van der Waals surface area contributed by atoms with Crippen molar-refractivity contribution >= 4 is 61.9 Å². The van der Waals surface area contributed by atoms with E-state index in [-0.39, 0.29) is 5.25 Å². The topological polar surface area (TPSA) is 0 Å². The van der Waals surface area contributed by atoms with Gasteiger partial charge in [-0.25, -0.2) is 0 Å². The summed E-state index contributed by atoms with van der Waals surface area (Å²) >= 11 is 3.89. The molecule has 1 aliphatic rings. The van der Waals surface area contributed by atoms with Crippen molar-refractivity contribution in [2.24, 2.45) is 0 Å². The molecule has 0 spiro atoms. The first-order chi connectivity index (χ1) is 17.3. The summed E-state index contributed by atoms with van der Waals surface area (Å²) in [6.45, 7) is 0. The molecule has 1 aliphatic carbocycles. The highest BCUT2D eigenvalue weighted by Crippen LogP contribution is 2.54. The van der Waals surface area contributed by atoms with Crippen molar-refractivity contribution in [3.8, 4) is 0 Å². The maximum atomic E-state index is 2.42. The van der Waals surface area contributed by atoms with Crippen LogP contribution in [-0.2, 0) is 0 Å². The van der Waals surface area contributed by atoms with Crippen molar-refractivity contribution in [2.45, 2.75) is 15.0 Å². The van der Waals surface area contributed by atoms with Crippen LogP contribution in [0.4, 0.5) is 0 Å². The van der Waals surface area contributed by atoms with Gasteiger partial charge >= 0.3 is 0 Å². The number of fused-ring (bicyclic) bond motifs is 2. The third kappa shape index (κ3) is 3.65. The van der Waals surface area contributed by atoms with E-state index in [0.29, 0.717) is 0 Å². The third-order valence-electron chi connectivity index (χ3n) is 6.78. The second kappa shape index (κ2) is 8.64. The van der Waals surface area contributed by atoms with E-state index in [1.165, 1.54) is 58.1 Å². The molecule has 1 unspecified atom stereocenters.